The van der Waals surface area contributed by atoms with E-state index in [4.69, 9.17) is 23.2 Å². The van der Waals surface area contributed by atoms with Crippen molar-refractivity contribution in [1.29, 1.82) is 0 Å². The van der Waals surface area contributed by atoms with Crippen LogP contribution in [0.15, 0.2) is 48.5 Å². The monoisotopic (exact) mass is 568 g/mol. The highest BCUT2D eigenvalue weighted by atomic mass is 35.5. The topological polar surface area (TPSA) is 101 Å². The first kappa shape index (κ1) is 28.2. The van der Waals surface area contributed by atoms with Crippen LogP contribution in [0, 0.1) is 5.92 Å². The van der Waals surface area contributed by atoms with E-state index in [9.17, 15) is 23.8 Å². The Hall–Kier alpha value is -1.81. The molecule has 4 atom stereocenters. The van der Waals surface area contributed by atoms with Crippen LogP contribution in [-0.2, 0) is 9.59 Å². The number of carbonyl (C=O) groups excluding carboxylic acids is 1. The van der Waals surface area contributed by atoms with Crippen molar-refractivity contribution in [2.75, 3.05) is 31.1 Å². The molecular weight excluding hydrogens is 535 g/mol. The number of carbonyl (C=O) groups is 2. The van der Waals surface area contributed by atoms with Gasteiger partial charge < -0.3 is 10.0 Å². The Kier molecular flexibility index (Phi) is 9.09. The summed E-state index contributed by atoms with van der Waals surface area (Å²) in [5.41, 5.74) is 1.89. The fourth-order valence-corrected chi connectivity index (χ4v) is 7.26. The van der Waals surface area contributed by atoms with Gasteiger partial charge >= 0.3 is 5.97 Å². The van der Waals surface area contributed by atoms with E-state index in [0.29, 0.717) is 54.0 Å². The predicted molar refractivity (Wildman–Crippen MR) is 149 cm³/mol. The van der Waals surface area contributed by atoms with Gasteiger partial charge in [0.05, 0.1) is 24.0 Å². The molecule has 202 valence electrons. The Balaban J connectivity index is 1.76. The van der Waals surface area contributed by atoms with Crippen LogP contribution in [0.5, 0.6) is 0 Å². The molecule has 2 saturated heterocycles. The Morgan fingerprint density at radius 3 is 2.32 bits per heavy atom. The normalized spacial score (nSPS) is 26.0. The average Bonchev–Trinajstić information content (AvgIpc) is 2.85. The number of halogens is 2. The summed E-state index contributed by atoms with van der Waals surface area (Å²) in [5, 5.41) is 10.8. The summed E-state index contributed by atoms with van der Waals surface area (Å²) in [4.78, 5) is 29.9. The van der Waals surface area contributed by atoms with Crippen LogP contribution in [0.3, 0.4) is 0 Å². The second-order valence-electron chi connectivity index (χ2n) is 10.0. The molecule has 2 aliphatic rings. The number of carboxylic acid groups (broad SMARTS) is 1. The zero-order valence-corrected chi connectivity index (χ0v) is 23.1. The SMILES string of the molecule is CC[C@@H](CN1CCS(O)(O)CC1)N1C(=O)[C@@H](CC(=O)O)C[C@H](c2cccc(Cl)c2)[C@H]1c1ccc(Cl)cc1. The molecule has 0 bridgehead atoms. The third kappa shape index (κ3) is 6.80. The molecule has 3 N–H and O–H groups in total. The van der Waals surface area contributed by atoms with Gasteiger partial charge in [-0.15, -0.1) is 0 Å². The average molecular weight is 570 g/mol. The quantitative estimate of drug-likeness (QED) is 0.361. The maximum absolute atomic E-state index is 14.0. The number of amides is 1. The maximum Gasteiger partial charge on any atom is 0.304 e. The molecule has 2 aromatic carbocycles. The molecule has 0 aromatic heterocycles. The largest absolute Gasteiger partial charge is 0.481 e. The van der Waals surface area contributed by atoms with Gasteiger partial charge in [-0.2, -0.15) is 10.6 Å². The smallest absolute Gasteiger partial charge is 0.304 e. The molecule has 0 aliphatic carbocycles. The lowest BCUT2D eigenvalue weighted by Gasteiger charge is -2.50. The molecule has 4 rings (SSSR count). The van der Waals surface area contributed by atoms with Crippen LogP contribution in [0.25, 0.3) is 0 Å². The number of rotatable bonds is 8. The highest BCUT2D eigenvalue weighted by molar-refractivity contribution is 8.24. The highest BCUT2D eigenvalue weighted by Gasteiger charge is 2.46. The molecule has 7 nitrogen and oxygen atoms in total. The van der Waals surface area contributed by atoms with E-state index in [-0.39, 0.29) is 30.3 Å². The van der Waals surface area contributed by atoms with Gasteiger partial charge in [0.1, 0.15) is 0 Å². The van der Waals surface area contributed by atoms with E-state index in [0.717, 1.165) is 11.1 Å². The molecule has 2 aliphatic heterocycles. The molecule has 2 fully saturated rings. The Bertz CT molecular complexity index is 1110. The number of piperidine rings is 1. The number of hydrogen-bond donors (Lipinski definition) is 3. The second-order valence-corrected chi connectivity index (χ2v) is 13.3. The maximum atomic E-state index is 14.0. The predicted octanol–water partition coefficient (Wildman–Crippen LogP) is 5.99. The molecular formula is C27H34Cl2N2O5S. The summed E-state index contributed by atoms with van der Waals surface area (Å²) in [6.07, 6.45) is 0.835. The lowest BCUT2D eigenvalue weighted by Crippen LogP contribution is -2.55. The first-order valence-electron chi connectivity index (χ1n) is 12.6. The van der Waals surface area contributed by atoms with E-state index >= 15 is 0 Å². The van der Waals surface area contributed by atoms with Crippen LogP contribution in [-0.4, -0.2) is 73.1 Å². The van der Waals surface area contributed by atoms with E-state index < -0.39 is 22.5 Å². The van der Waals surface area contributed by atoms with Gasteiger partial charge in [0, 0.05) is 47.6 Å². The molecule has 2 heterocycles. The zero-order chi connectivity index (χ0) is 26.7. The lowest BCUT2D eigenvalue weighted by molar-refractivity contribution is -0.152. The molecule has 2 aromatic rings. The molecule has 37 heavy (non-hydrogen) atoms. The number of likely N-dealkylation sites (tertiary alicyclic amines) is 1. The Morgan fingerprint density at radius 2 is 1.73 bits per heavy atom. The van der Waals surface area contributed by atoms with Crippen LogP contribution in [0.4, 0.5) is 0 Å². The molecule has 10 heteroatoms. The molecule has 1 amide bonds. The summed E-state index contributed by atoms with van der Waals surface area (Å²) in [6.45, 7) is 3.69. The number of nitrogens with zero attached hydrogens (tertiary/aromatic N) is 2. The van der Waals surface area contributed by atoms with Gasteiger partial charge in [-0.3, -0.25) is 23.6 Å². The van der Waals surface area contributed by atoms with Crippen LogP contribution in [0.2, 0.25) is 10.0 Å². The van der Waals surface area contributed by atoms with Crippen molar-refractivity contribution in [1.82, 2.24) is 9.80 Å². The molecule has 0 unspecified atom stereocenters. The second kappa shape index (κ2) is 11.9. The summed E-state index contributed by atoms with van der Waals surface area (Å²) in [7, 11) is -2.54. The minimum absolute atomic E-state index is 0.159. The Morgan fingerprint density at radius 1 is 1.05 bits per heavy atom. The van der Waals surface area contributed by atoms with Crippen LogP contribution >= 0.6 is 33.8 Å². The summed E-state index contributed by atoms with van der Waals surface area (Å²) in [5.74, 6) is -1.33. The first-order chi connectivity index (χ1) is 17.6. The summed E-state index contributed by atoms with van der Waals surface area (Å²) >= 11 is 12.6. The third-order valence-electron chi connectivity index (χ3n) is 7.53. The minimum Gasteiger partial charge on any atom is -0.481 e. The van der Waals surface area contributed by atoms with E-state index in [1.165, 1.54) is 0 Å². The fraction of sp³-hybridized carbons (Fsp3) is 0.481. The number of aliphatic carboxylic acids is 1. The van der Waals surface area contributed by atoms with Crippen LogP contribution in [0.1, 0.15) is 49.3 Å². The van der Waals surface area contributed by atoms with Crippen molar-refractivity contribution < 1.29 is 23.8 Å². The first-order valence-corrected chi connectivity index (χ1v) is 15.2. The Labute approximate surface area is 229 Å². The van der Waals surface area contributed by atoms with Crippen molar-refractivity contribution in [2.45, 2.75) is 44.2 Å². The van der Waals surface area contributed by atoms with Crippen molar-refractivity contribution in [2.24, 2.45) is 5.92 Å². The van der Waals surface area contributed by atoms with Gasteiger partial charge in [-0.25, -0.2) is 0 Å². The van der Waals surface area contributed by atoms with Gasteiger partial charge in [0.15, 0.2) is 0 Å². The number of hydrogen-bond acceptors (Lipinski definition) is 5. The van der Waals surface area contributed by atoms with E-state index in [1.807, 2.05) is 54.3 Å². The minimum atomic E-state index is -2.54. The van der Waals surface area contributed by atoms with E-state index in [1.54, 1.807) is 6.07 Å². The van der Waals surface area contributed by atoms with E-state index in [2.05, 4.69) is 4.90 Å². The fourth-order valence-electron chi connectivity index (χ4n) is 5.63. The molecule has 0 spiro atoms. The third-order valence-corrected chi connectivity index (χ3v) is 9.69. The van der Waals surface area contributed by atoms with Crippen molar-refractivity contribution in [3.8, 4) is 0 Å². The lowest BCUT2D eigenvalue weighted by atomic mass is 9.74. The van der Waals surface area contributed by atoms with Crippen molar-refractivity contribution in [3.05, 3.63) is 69.7 Å². The standard InChI is InChI=1S/C27H34Cl2N2O5S/c1-2-23(17-30-10-12-37(35,36)13-11-30)31-26(18-6-8-21(28)9-7-18)24(19-4-3-5-22(29)14-19)15-20(27(31)34)16-25(32)33/h3-9,14,20,23-24,26,35-36H,2,10-13,15-17H2,1H3,(H,32,33)/t20-,23+,24-,26-/m1/s1. The van der Waals surface area contributed by atoms with Gasteiger partial charge in [0.25, 0.3) is 0 Å². The van der Waals surface area contributed by atoms with Gasteiger partial charge in [0.2, 0.25) is 5.91 Å². The highest BCUT2D eigenvalue weighted by Crippen LogP contribution is 2.48. The number of benzene rings is 2. The van der Waals surface area contributed by atoms with Crippen LogP contribution < -0.4 is 0 Å². The van der Waals surface area contributed by atoms with Gasteiger partial charge in [-0.1, -0.05) is 54.4 Å². The number of carboxylic acids is 1. The van der Waals surface area contributed by atoms with Crippen molar-refractivity contribution in [3.63, 3.8) is 0 Å². The molecule has 0 saturated carbocycles. The zero-order valence-electron chi connectivity index (χ0n) is 20.8. The summed E-state index contributed by atoms with van der Waals surface area (Å²) in [6, 6.07) is 14.6. The molecule has 0 radical (unpaired) electrons. The van der Waals surface area contributed by atoms with Gasteiger partial charge in [-0.05, 0) is 48.2 Å². The van der Waals surface area contributed by atoms with Crippen molar-refractivity contribution >= 4 is 45.7 Å². The summed E-state index contributed by atoms with van der Waals surface area (Å²) < 4.78 is 20.1.